The van der Waals surface area contributed by atoms with Crippen LogP contribution in [0.15, 0.2) is 18.2 Å². The van der Waals surface area contributed by atoms with Gasteiger partial charge in [0.2, 0.25) is 0 Å². The second-order valence-electron chi connectivity index (χ2n) is 3.16. The lowest BCUT2D eigenvalue weighted by molar-refractivity contribution is 0.385. The highest BCUT2D eigenvalue weighted by atomic mass is 19.1. The maximum atomic E-state index is 13.2. The van der Waals surface area contributed by atoms with Gasteiger partial charge in [0.25, 0.3) is 0 Å². The summed E-state index contributed by atoms with van der Waals surface area (Å²) in [6.07, 6.45) is 0. The zero-order chi connectivity index (χ0) is 10.8. The molecule has 0 aliphatic rings. The number of nitrogens with two attached hydrogens (primary N) is 1. The molecule has 0 radical (unpaired) electrons. The second-order valence-corrected chi connectivity index (χ2v) is 3.16. The normalized spacial score (nSPS) is 14.2. The fraction of sp³-hybridized carbons (Fsp3) is 0.300. The van der Waals surface area contributed by atoms with E-state index in [1.54, 1.807) is 6.07 Å². The molecule has 1 aromatic rings. The van der Waals surface area contributed by atoms with Crippen LogP contribution >= 0.6 is 0 Å². The third kappa shape index (κ3) is 1.83. The van der Waals surface area contributed by atoms with Gasteiger partial charge >= 0.3 is 0 Å². The molecule has 14 heavy (non-hydrogen) atoms. The van der Waals surface area contributed by atoms with Crippen molar-refractivity contribution in [1.82, 2.24) is 0 Å². The summed E-state index contributed by atoms with van der Waals surface area (Å²) < 4.78 is 18.0. The maximum Gasteiger partial charge on any atom is 0.165 e. The van der Waals surface area contributed by atoms with Crippen molar-refractivity contribution in [3.8, 4) is 11.8 Å². The molecule has 4 heteroatoms. The quantitative estimate of drug-likeness (QED) is 0.776. The summed E-state index contributed by atoms with van der Waals surface area (Å²) in [5, 5.41) is 8.74. The van der Waals surface area contributed by atoms with E-state index in [0.717, 1.165) is 0 Å². The first-order valence-corrected chi connectivity index (χ1v) is 4.05. The maximum absolute atomic E-state index is 13.2. The third-order valence-electron chi connectivity index (χ3n) is 1.98. The van der Waals surface area contributed by atoms with E-state index in [1.807, 2.05) is 6.07 Å². The number of hydrogen-bond donors (Lipinski definition) is 1. The molecular formula is C10H11FN2O. The molecule has 0 fully saturated rings. The minimum atomic E-state index is -1.17. The Bertz CT molecular complexity index is 382. The van der Waals surface area contributed by atoms with Gasteiger partial charge in [-0.3, -0.25) is 0 Å². The molecule has 0 heterocycles. The molecule has 1 atom stereocenters. The van der Waals surface area contributed by atoms with Crippen LogP contribution in [0.5, 0.6) is 5.75 Å². The average molecular weight is 194 g/mol. The summed E-state index contributed by atoms with van der Waals surface area (Å²) in [5.74, 6) is -0.376. The number of halogens is 1. The minimum absolute atomic E-state index is 0.141. The van der Waals surface area contributed by atoms with Crippen molar-refractivity contribution in [3.63, 3.8) is 0 Å². The summed E-state index contributed by atoms with van der Waals surface area (Å²) in [7, 11) is 1.38. The van der Waals surface area contributed by atoms with E-state index in [2.05, 4.69) is 0 Å². The predicted octanol–water partition coefficient (Wildman–Crippen LogP) is 1.53. The van der Waals surface area contributed by atoms with Crippen LogP contribution in [0, 0.1) is 17.1 Å². The van der Waals surface area contributed by atoms with Crippen LogP contribution in [0.25, 0.3) is 0 Å². The Morgan fingerprint density at radius 1 is 1.57 bits per heavy atom. The van der Waals surface area contributed by atoms with E-state index in [0.29, 0.717) is 5.56 Å². The Morgan fingerprint density at radius 2 is 2.21 bits per heavy atom. The highest BCUT2D eigenvalue weighted by Gasteiger charge is 2.21. The van der Waals surface area contributed by atoms with Gasteiger partial charge in [0, 0.05) is 0 Å². The first-order chi connectivity index (χ1) is 6.51. The monoisotopic (exact) mass is 194 g/mol. The fourth-order valence-corrected chi connectivity index (χ4v) is 1.05. The van der Waals surface area contributed by atoms with Gasteiger partial charge in [0.1, 0.15) is 5.54 Å². The highest BCUT2D eigenvalue weighted by Crippen LogP contribution is 2.23. The van der Waals surface area contributed by atoms with Gasteiger partial charge in [-0.2, -0.15) is 5.26 Å². The summed E-state index contributed by atoms with van der Waals surface area (Å²) in [6, 6.07) is 6.13. The smallest absolute Gasteiger partial charge is 0.165 e. The molecule has 0 bridgehead atoms. The molecular weight excluding hydrogens is 183 g/mol. The number of nitrogens with zero attached hydrogens (tertiary/aromatic N) is 1. The number of rotatable bonds is 2. The van der Waals surface area contributed by atoms with Gasteiger partial charge in [-0.1, -0.05) is 6.07 Å². The van der Waals surface area contributed by atoms with Crippen molar-refractivity contribution in [2.75, 3.05) is 7.11 Å². The molecule has 0 aliphatic carbocycles. The lowest BCUT2D eigenvalue weighted by Gasteiger charge is -2.16. The van der Waals surface area contributed by atoms with E-state index in [9.17, 15) is 4.39 Å². The molecule has 0 saturated carbocycles. The van der Waals surface area contributed by atoms with Gasteiger partial charge in [-0.15, -0.1) is 0 Å². The molecule has 0 amide bonds. The van der Waals surface area contributed by atoms with Gasteiger partial charge in [-0.05, 0) is 24.6 Å². The van der Waals surface area contributed by atoms with Crippen molar-refractivity contribution in [1.29, 1.82) is 5.26 Å². The van der Waals surface area contributed by atoms with Crippen LogP contribution in [0.1, 0.15) is 12.5 Å². The standard InChI is InChI=1S/C10H11FN2O/c1-10(13,6-12)7-3-4-9(14-2)8(11)5-7/h3-5H,13H2,1-2H3. The van der Waals surface area contributed by atoms with Crippen molar-refractivity contribution in [2.24, 2.45) is 5.73 Å². The van der Waals surface area contributed by atoms with Gasteiger partial charge in [0.05, 0.1) is 13.2 Å². The Balaban J connectivity index is 3.17. The molecule has 0 aliphatic heterocycles. The van der Waals surface area contributed by atoms with Crippen molar-refractivity contribution in [3.05, 3.63) is 29.6 Å². The lowest BCUT2D eigenvalue weighted by atomic mass is 9.95. The van der Waals surface area contributed by atoms with E-state index in [-0.39, 0.29) is 5.75 Å². The fourth-order valence-electron chi connectivity index (χ4n) is 1.05. The largest absolute Gasteiger partial charge is 0.494 e. The molecule has 1 rings (SSSR count). The molecule has 74 valence electrons. The van der Waals surface area contributed by atoms with Gasteiger partial charge in [0.15, 0.2) is 11.6 Å². The Labute approximate surface area is 81.9 Å². The molecule has 1 unspecified atom stereocenters. The third-order valence-corrected chi connectivity index (χ3v) is 1.98. The molecule has 0 aromatic heterocycles. The minimum Gasteiger partial charge on any atom is -0.494 e. The van der Waals surface area contributed by atoms with Gasteiger partial charge in [-0.25, -0.2) is 4.39 Å². The first-order valence-electron chi connectivity index (χ1n) is 4.05. The zero-order valence-electron chi connectivity index (χ0n) is 8.04. The van der Waals surface area contributed by atoms with Crippen molar-refractivity contribution in [2.45, 2.75) is 12.5 Å². The molecule has 3 nitrogen and oxygen atoms in total. The zero-order valence-corrected chi connectivity index (χ0v) is 8.04. The van der Waals surface area contributed by atoms with E-state index < -0.39 is 11.4 Å². The van der Waals surface area contributed by atoms with E-state index >= 15 is 0 Å². The Morgan fingerprint density at radius 3 is 2.64 bits per heavy atom. The number of nitriles is 1. The molecule has 2 N–H and O–H groups in total. The van der Waals surface area contributed by atoms with E-state index in [1.165, 1.54) is 26.2 Å². The van der Waals surface area contributed by atoms with Crippen LogP contribution in [0.4, 0.5) is 4.39 Å². The number of ether oxygens (including phenoxy) is 1. The van der Waals surface area contributed by atoms with Crippen LogP contribution in [-0.2, 0) is 5.54 Å². The number of hydrogen-bond acceptors (Lipinski definition) is 3. The summed E-state index contributed by atoms with van der Waals surface area (Å²) in [6.45, 7) is 1.52. The topological polar surface area (TPSA) is 59.0 Å². The number of methoxy groups -OCH3 is 1. The van der Waals surface area contributed by atoms with E-state index in [4.69, 9.17) is 15.7 Å². The number of benzene rings is 1. The Hall–Kier alpha value is -1.60. The van der Waals surface area contributed by atoms with Crippen LogP contribution in [-0.4, -0.2) is 7.11 Å². The van der Waals surface area contributed by atoms with Crippen LogP contribution < -0.4 is 10.5 Å². The van der Waals surface area contributed by atoms with Crippen LogP contribution in [0.2, 0.25) is 0 Å². The highest BCUT2D eigenvalue weighted by molar-refractivity contribution is 5.36. The van der Waals surface area contributed by atoms with Gasteiger partial charge < -0.3 is 10.5 Å². The summed E-state index contributed by atoms with van der Waals surface area (Å²) in [4.78, 5) is 0. The SMILES string of the molecule is COc1ccc(C(C)(N)C#N)cc1F. The predicted molar refractivity (Wildman–Crippen MR) is 50.1 cm³/mol. The summed E-state index contributed by atoms with van der Waals surface area (Å²) >= 11 is 0. The molecule has 0 saturated heterocycles. The van der Waals surface area contributed by atoms with Crippen molar-refractivity contribution >= 4 is 0 Å². The molecule has 0 spiro atoms. The second kappa shape index (κ2) is 3.64. The lowest BCUT2D eigenvalue weighted by Crippen LogP contribution is -2.30. The average Bonchev–Trinajstić information content (AvgIpc) is 2.17. The Kier molecular flexibility index (Phi) is 2.73. The first kappa shape index (κ1) is 10.5. The van der Waals surface area contributed by atoms with Crippen molar-refractivity contribution < 1.29 is 9.13 Å². The summed E-state index contributed by atoms with van der Waals surface area (Å²) in [5.41, 5.74) is 4.88. The van der Waals surface area contributed by atoms with Crippen LogP contribution in [0.3, 0.4) is 0 Å². The molecule has 1 aromatic carbocycles.